The Morgan fingerprint density at radius 3 is 2.75 bits per heavy atom. The molecule has 2 rings (SSSR count). The second-order valence-corrected chi connectivity index (χ2v) is 5.43. The van der Waals surface area contributed by atoms with E-state index in [2.05, 4.69) is 12.3 Å². The molecule has 0 spiro atoms. The fourth-order valence-electron chi connectivity index (χ4n) is 3.66. The van der Waals surface area contributed by atoms with Gasteiger partial charge < -0.3 is 4.74 Å². The molecule has 2 fully saturated rings. The van der Waals surface area contributed by atoms with Crippen molar-refractivity contribution in [3.8, 4) is 0 Å². The number of nitrogens with two attached hydrogens (primary N) is 1. The maximum absolute atomic E-state index is 5.79. The second kappa shape index (κ2) is 5.99. The zero-order chi connectivity index (χ0) is 11.4. The summed E-state index contributed by atoms with van der Waals surface area (Å²) in [4.78, 5) is 0. The van der Waals surface area contributed by atoms with Crippen LogP contribution in [-0.4, -0.2) is 19.3 Å². The summed E-state index contributed by atoms with van der Waals surface area (Å²) < 4.78 is 5.50. The highest BCUT2D eigenvalue weighted by Crippen LogP contribution is 2.37. The van der Waals surface area contributed by atoms with Crippen molar-refractivity contribution in [3.63, 3.8) is 0 Å². The smallest absolute Gasteiger partial charge is 0.0510 e. The summed E-state index contributed by atoms with van der Waals surface area (Å²) in [6, 6.07) is 0.479. The third-order valence-electron chi connectivity index (χ3n) is 4.62. The molecular weight excluding hydrogens is 200 g/mol. The molecular formula is C13H26N2O. The standard InChI is InChI=1S/C13H26N2O/c1-2-10-5-3-4-6-12(10)13(15-14)11-7-8-16-9-11/h10-13,15H,2-9,14H2,1H3. The van der Waals surface area contributed by atoms with Crippen LogP contribution in [0.25, 0.3) is 0 Å². The molecule has 0 aromatic rings. The number of hydrogen-bond donors (Lipinski definition) is 2. The molecule has 0 bridgehead atoms. The Labute approximate surface area is 99.1 Å². The van der Waals surface area contributed by atoms with E-state index in [1.54, 1.807) is 0 Å². The molecule has 3 N–H and O–H groups in total. The van der Waals surface area contributed by atoms with Crippen LogP contribution in [0.1, 0.15) is 45.4 Å². The van der Waals surface area contributed by atoms with Crippen LogP contribution in [-0.2, 0) is 4.74 Å². The summed E-state index contributed by atoms with van der Waals surface area (Å²) in [6.07, 6.45) is 8.02. The first-order chi connectivity index (χ1) is 7.86. The molecule has 1 aliphatic heterocycles. The molecule has 1 aliphatic carbocycles. The Balaban J connectivity index is 1.99. The average molecular weight is 226 g/mol. The maximum Gasteiger partial charge on any atom is 0.0510 e. The molecule has 1 saturated carbocycles. The molecule has 16 heavy (non-hydrogen) atoms. The molecule has 94 valence electrons. The third kappa shape index (κ3) is 2.58. The summed E-state index contributed by atoms with van der Waals surface area (Å²) in [7, 11) is 0. The lowest BCUT2D eigenvalue weighted by Gasteiger charge is -2.39. The molecule has 3 nitrogen and oxygen atoms in total. The van der Waals surface area contributed by atoms with Gasteiger partial charge in [0, 0.05) is 18.6 Å². The van der Waals surface area contributed by atoms with Crippen LogP contribution in [0.3, 0.4) is 0 Å². The Bertz CT molecular complexity index is 202. The van der Waals surface area contributed by atoms with E-state index in [9.17, 15) is 0 Å². The van der Waals surface area contributed by atoms with Crippen molar-refractivity contribution in [2.75, 3.05) is 13.2 Å². The van der Waals surface area contributed by atoms with Crippen molar-refractivity contribution in [1.29, 1.82) is 0 Å². The van der Waals surface area contributed by atoms with Crippen LogP contribution in [0, 0.1) is 17.8 Å². The zero-order valence-corrected chi connectivity index (χ0v) is 10.5. The largest absolute Gasteiger partial charge is 0.381 e. The van der Waals surface area contributed by atoms with E-state index in [1.807, 2.05) is 0 Å². The Morgan fingerprint density at radius 2 is 2.12 bits per heavy atom. The maximum atomic E-state index is 5.79. The Morgan fingerprint density at radius 1 is 1.31 bits per heavy atom. The van der Waals surface area contributed by atoms with E-state index in [1.165, 1.54) is 38.5 Å². The fraction of sp³-hybridized carbons (Fsp3) is 1.00. The minimum absolute atomic E-state index is 0.479. The highest BCUT2D eigenvalue weighted by molar-refractivity contribution is 4.89. The summed E-state index contributed by atoms with van der Waals surface area (Å²) in [6.45, 7) is 4.15. The molecule has 4 unspecified atom stereocenters. The molecule has 0 radical (unpaired) electrons. The van der Waals surface area contributed by atoms with Crippen LogP contribution >= 0.6 is 0 Å². The van der Waals surface area contributed by atoms with Gasteiger partial charge in [-0.3, -0.25) is 11.3 Å². The van der Waals surface area contributed by atoms with E-state index in [0.717, 1.165) is 25.0 Å². The van der Waals surface area contributed by atoms with Crippen molar-refractivity contribution in [2.24, 2.45) is 23.6 Å². The molecule has 4 atom stereocenters. The normalized spacial score (nSPS) is 37.5. The van der Waals surface area contributed by atoms with Crippen LogP contribution in [0.4, 0.5) is 0 Å². The second-order valence-electron chi connectivity index (χ2n) is 5.43. The van der Waals surface area contributed by atoms with Crippen LogP contribution in [0.5, 0.6) is 0 Å². The Kier molecular flexibility index (Phi) is 4.62. The van der Waals surface area contributed by atoms with Crippen LogP contribution in [0.15, 0.2) is 0 Å². The van der Waals surface area contributed by atoms with E-state index in [4.69, 9.17) is 10.6 Å². The van der Waals surface area contributed by atoms with Gasteiger partial charge in [-0.1, -0.05) is 32.6 Å². The summed E-state index contributed by atoms with van der Waals surface area (Å²) in [5.74, 6) is 8.08. The highest BCUT2D eigenvalue weighted by atomic mass is 16.5. The fourth-order valence-corrected chi connectivity index (χ4v) is 3.66. The van der Waals surface area contributed by atoms with Gasteiger partial charge in [-0.05, 0) is 24.7 Å². The lowest BCUT2D eigenvalue weighted by Crippen LogP contribution is -2.49. The van der Waals surface area contributed by atoms with Gasteiger partial charge >= 0.3 is 0 Å². The molecule has 0 amide bonds. The number of ether oxygens (including phenoxy) is 1. The lowest BCUT2D eigenvalue weighted by atomic mass is 9.71. The predicted octanol–water partition coefficient (Wildman–Crippen LogP) is 2.07. The molecule has 2 aliphatic rings. The van der Waals surface area contributed by atoms with Crippen molar-refractivity contribution in [2.45, 2.75) is 51.5 Å². The Hall–Kier alpha value is -0.120. The molecule has 1 saturated heterocycles. The summed E-state index contributed by atoms with van der Waals surface area (Å²) in [5.41, 5.74) is 3.10. The highest BCUT2D eigenvalue weighted by Gasteiger charge is 2.36. The van der Waals surface area contributed by atoms with Gasteiger partial charge in [0.2, 0.25) is 0 Å². The van der Waals surface area contributed by atoms with Gasteiger partial charge in [0.25, 0.3) is 0 Å². The quantitative estimate of drug-likeness (QED) is 0.570. The molecule has 0 aromatic carbocycles. The van der Waals surface area contributed by atoms with E-state index in [0.29, 0.717) is 12.0 Å². The van der Waals surface area contributed by atoms with Crippen molar-refractivity contribution in [3.05, 3.63) is 0 Å². The average Bonchev–Trinajstić information content (AvgIpc) is 2.84. The van der Waals surface area contributed by atoms with Gasteiger partial charge in [0.05, 0.1) is 6.61 Å². The van der Waals surface area contributed by atoms with Crippen molar-refractivity contribution in [1.82, 2.24) is 5.43 Å². The number of nitrogens with one attached hydrogen (secondary N) is 1. The van der Waals surface area contributed by atoms with E-state index in [-0.39, 0.29) is 0 Å². The van der Waals surface area contributed by atoms with Gasteiger partial charge in [-0.2, -0.15) is 0 Å². The van der Waals surface area contributed by atoms with Gasteiger partial charge in [0.1, 0.15) is 0 Å². The van der Waals surface area contributed by atoms with Crippen LogP contribution < -0.4 is 11.3 Å². The number of hydrogen-bond acceptors (Lipinski definition) is 3. The predicted molar refractivity (Wildman–Crippen MR) is 65.8 cm³/mol. The van der Waals surface area contributed by atoms with Gasteiger partial charge in [-0.25, -0.2) is 0 Å². The monoisotopic (exact) mass is 226 g/mol. The lowest BCUT2D eigenvalue weighted by molar-refractivity contribution is 0.119. The van der Waals surface area contributed by atoms with E-state index >= 15 is 0 Å². The minimum atomic E-state index is 0.479. The SMILES string of the molecule is CCC1CCCCC1C(NN)C1CCOC1. The number of rotatable bonds is 4. The third-order valence-corrected chi connectivity index (χ3v) is 4.62. The molecule has 1 heterocycles. The van der Waals surface area contributed by atoms with Gasteiger partial charge in [0.15, 0.2) is 0 Å². The molecule has 3 heteroatoms. The molecule has 0 aromatic heterocycles. The van der Waals surface area contributed by atoms with Crippen molar-refractivity contribution < 1.29 is 4.74 Å². The first-order valence-electron chi connectivity index (χ1n) is 6.90. The number of hydrazine groups is 1. The first kappa shape index (κ1) is 12.3. The van der Waals surface area contributed by atoms with Crippen LogP contribution in [0.2, 0.25) is 0 Å². The minimum Gasteiger partial charge on any atom is -0.381 e. The zero-order valence-electron chi connectivity index (χ0n) is 10.5. The van der Waals surface area contributed by atoms with Gasteiger partial charge in [-0.15, -0.1) is 0 Å². The first-order valence-corrected chi connectivity index (χ1v) is 6.90. The summed E-state index contributed by atoms with van der Waals surface area (Å²) in [5, 5.41) is 0. The van der Waals surface area contributed by atoms with E-state index < -0.39 is 0 Å². The van der Waals surface area contributed by atoms with Crippen molar-refractivity contribution >= 4 is 0 Å². The topological polar surface area (TPSA) is 47.3 Å². The summed E-state index contributed by atoms with van der Waals surface area (Å²) >= 11 is 0.